The summed E-state index contributed by atoms with van der Waals surface area (Å²) in [7, 11) is 0. The molecule has 3 aromatic rings. The quantitative estimate of drug-likeness (QED) is 0.654. The molecule has 2 heterocycles. The Hall–Kier alpha value is -2.73. The number of hydrogen-bond acceptors (Lipinski definition) is 6. The van der Waals surface area contributed by atoms with Crippen molar-refractivity contribution in [2.75, 3.05) is 5.32 Å². The predicted molar refractivity (Wildman–Crippen MR) is 106 cm³/mol. The number of fused-ring (bicyclic) bond motifs is 1. The van der Waals surface area contributed by atoms with Crippen LogP contribution >= 0.6 is 0 Å². The average molecular weight is 364 g/mol. The van der Waals surface area contributed by atoms with E-state index in [9.17, 15) is 10.2 Å². The van der Waals surface area contributed by atoms with E-state index in [0.29, 0.717) is 23.5 Å². The van der Waals surface area contributed by atoms with E-state index in [4.69, 9.17) is 0 Å². The zero-order valence-electron chi connectivity index (χ0n) is 15.4. The van der Waals surface area contributed by atoms with Gasteiger partial charge in [0.25, 0.3) is 0 Å². The first-order valence-corrected chi connectivity index (χ1v) is 9.53. The zero-order chi connectivity index (χ0) is 18.8. The van der Waals surface area contributed by atoms with E-state index >= 15 is 0 Å². The summed E-state index contributed by atoms with van der Waals surface area (Å²) in [5.74, 6) is 0.878. The van der Waals surface area contributed by atoms with E-state index < -0.39 is 0 Å². The molecule has 3 N–H and O–H groups in total. The maximum absolute atomic E-state index is 10.5. The number of anilines is 1. The van der Waals surface area contributed by atoms with Crippen LogP contribution in [0, 0.1) is 0 Å². The van der Waals surface area contributed by atoms with Gasteiger partial charge in [0.1, 0.15) is 11.4 Å². The third kappa shape index (κ3) is 3.57. The average Bonchev–Trinajstić information content (AvgIpc) is 2.68. The number of aromatic hydroxyl groups is 1. The van der Waals surface area contributed by atoms with Crippen molar-refractivity contribution in [3.63, 3.8) is 0 Å². The number of hydrogen-bond donors (Lipinski definition) is 3. The van der Waals surface area contributed by atoms with Gasteiger partial charge in [-0.05, 0) is 55.9 Å². The van der Waals surface area contributed by atoms with Crippen LogP contribution in [0.4, 0.5) is 5.82 Å². The molecule has 0 saturated heterocycles. The maximum Gasteiger partial charge on any atom is 0.158 e. The van der Waals surface area contributed by atoms with Gasteiger partial charge in [0.2, 0.25) is 0 Å². The Labute approximate surface area is 158 Å². The molecule has 6 heteroatoms. The van der Waals surface area contributed by atoms with Crippen molar-refractivity contribution in [2.45, 2.75) is 51.2 Å². The first kappa shape index (κ1) is 17.7. The molecule has 0 unspecified atom stereocenters. The number of aliphatic hydroxyl groups excluding tert-OH is 1. The minimum Gasteiger partial charge on any atom is -0.507 e. The van der Waals surface area contributed by atoms with Gasteiger partial charge in [0.05, 0.1) is 6.10 Å². The second-order valence-electron chi connectivity index (χ2n) is 7.19. The Morgan fingerprint density at radius 3 is 2.81 bits per heavy atom. The van der Waals surface area contributed by atoms with E-state index in [2.05, 4.69) is 27.4 Å². The molecule has 0 amide bonds. The van der Waals surface area contributed by atoms with Gasteiger partial charge in [-0.2, -0.15) is 0 Å². The van der Waals surface area contributed by atoms with Gasteiger partial charge in [0.15, 0.2) is 5.82 Å². The molecular formula is C21H24N4O2. The fourth-order valence-electron chi connectivity index (χ4n) is 3.79. The van der Waals surface area contributed by atoms with E-state index in [1.165, 1.54) is 0 Å². The summed E-state index contributed by atoms with van der Waals surface area (Å²) in [6.45, 7) is 2.05. The molecule has 2 aromatic heterocycles. The van der Waals surface area contributed by atoms with Crippen molar-refractivity contribution >= 4 is 16.6 Å². The zero-order valence-corrected chi connectivity index (χ0v) is 15.4. The summed E-state index contributed by atoms with van der Waals surface area (Å²) >= 11 is 0. The molecule has 1 aliphatic carbocycles. The molecule has 140 valence electrons. The van der Waals surface area contributed by atoms with Gasteiger partial charge < -0.3 is 15.5 Å². The van der Waals surface area contributed by atoms with Gasteiger partial charge in [-0.3, -0.25) is 4.98 Å². The second kappa shape index (κ2) is 7.48. The van der Waals surface area contributed by atoms with Crippen LogP contribution in [0.15, 0.2) is 36.7 Å². The summed E-state index contributed by atoms with van der Waals surface area (Å²) in [5, 5.41) is 34.4. The van der Waals surface area contributed by atoms with Crippen LogP contribution in [-0.2, 0) is 6.42 Å². The Balaban J connectivity index is 1.74. The number of aromatic nitrogens is 3. The highest BCUT2D eigenvalue weighted by Crippen LogP contribution is 2.35. The molecule has 0 aliphatic heterocycles. The number of rotatable bonds is 4. The molecule has 1 aliphatic rings. The number of aryl methyl sites for hydroxylation is 1. The van der Waals surface area contributed by atoms with Crippen LogP contribution < -0.4 is 5.32 Å². The van der Waals surface area contributed by atoms with Crippen molar-refractivity contribution < 1.29 is 10.2 Å². The molecule has 0 spiro atoms. The molecule has 1 fully saturated rings. The molecular weight excluding hydrogens is 340 g/mol. The third-order valence-corrected chi connectivity index (χ3v) is 5.29. The largest absolute Gasteiger partial charge is 0.507 e. The SMILES string of the molecule is CCc1ccc(-c2nnc(N[C@H]3CCC[C@H](O)C3)c3cnccc23)c(O)c1. The van der Waals surface area contributed by atoms with Crippen LogP contribution in [0.5, 0.6) is 5.75 Å². The van der Waals surface area contributed by atoms with Crippen LogP contribution in [-0.4, -0.2) is 37.5 Å². The van der Waals surface area contributed by atoms with Crippen molar-refractivity contribution in [3.05, 3.63) is 42.2 Å². The molecule has 2 atom stereocenters. The highest BCUT2D eigenvalue weighted by Gasteiger charge is 2.22. The molecule has 4 rings (SSSR count). The standard InChI is InChI=1S/C21H24N4O2/c1-2-13-6-7-17(19(27)10-13)20-16-8-9-22-12-18(16)21(25-24-20)23-14-4-3-5-15(26)11-14/h6-10,12,14-15,26-27H,2-5,11H2,1H3,(H,23,25)/t14-,15-/m0/s1. The second-order valence-corrected chi connectivity index (χ2v) is 7.19. The van der Waals surface area contributed by atoms with E-state index in [-0.39, 0.29) is 17.9 Å². The van der Waals surface area contributed by atoms with Gasteiger partial charge in [-0.15, -0.1) is 10.2 Å². The number of benzene rings is 1. The summed E-state index contributed by atoms with van der Waals surface area (Å²) in [5.41, 5.74) is 2.38. The van der Waals surface area contributed by atoms with Crippen molar-refractivity contribution in [1.29, 1.82) is 0 Å². The van der Waals surface area contributed by atoms with Crippen LogP contribution in [0.2, 0.25) is 0 Å². The van der Waals surface area contributed by atoms with Gasteiger partial charge in [0, 0.05) is 34.8 Å². The van der Waals surface area contributed by atoms with Crippen LogP contribution in [0.1, 0.15) is 38.2 Å². The van der Waals surface area contributed by atoms with Crippen LogP contribution in [0.25, 0.3) is 22.0 Å². The van der Waals surface area contributed by atoms with Gasteiger partial charge in [-0.25, -0.2) is 0 Å². The fourth-order valence-corrected chi connectivity index (χ4v) is 3.79. The number of phenolic OH excluding ortho intramolecular Hbond substituents is 1. The first-order chi connectivity index (χ1) is 13.2. The lowest BCUT2D eigenvalue weighted by molar-refractivity contribution is 0.124. The van der Waals surface area contributed by atoms with E-state index in [1.54, 1.807) is 18.5 Å². The summed E-state index contributed by atoms with van der Waals surface area (Å²) < 4.78 is 0. The van der Waals surface area contributed by atoms with Gasteiger partial charge >= 0.3 is 0 Å². The minimum atomic E-state index is -0.262. The number of pyridine rings is 1. The smallest absolute Gasteiger partial charge is 0.158 e. The molecule has 0 radical (unpaired) electrons. The lowest BCUT2D eigenvalue weighted by Crippen LogP contribution is -2.30. The highest BCUT2D eigenvalue weighted by atomic mass is 16.3. The van der Waals surface area contributed by atoms with E-state index in [0.717, 1.165) is 42.0 Å². The Kier molecular flexibility index (Phi) is 4.90. The lowest BCUT2D eigenvalue weighted by atomic mass is 9.93. The van der Waals surface area contributed by atoms with E-state index in [1.807, 2.05) is 18.2 Å². The summed E-state index contributed by atoms with van der Waals surface area (Å²) in [6, 6.07) is 7.74. The van der Waals surface area contributed by atoms with Crippen molar-refractivity contribution in [1.82, 2.24) is 15.2 Å². The van der Waals surface area contributed by atoms with Gasteiger partial charge in [-0.1, -0.05) is 13.0 Å². The number of phenols is 1. The normalized spacial score (nSPS) is 19.9. The fraction of sp³-hybridized carbons (Fsp3) is 0.381. The summed E-state index contributed by atoms with van der Waals surface area (Å²) in [6.07, 6.45) is 7.66. The monoisotopic (exact) mass is 364 g/mol. The minimum absolute atomic E-state index is 0.176. The number of nitrogens with one attached hydrogen (secondary N) is 1. The maximum atomic E-state index is 10.5. The number of aliphatic hydroxyl groups is 1. The Morgan fingerprint density at radius 2 is 2.04 bits per heavy atom. The predicted octanol–water partition coefficient (Wildman–Crippen LogP) is 3.68. The Bertz CT molecular complexity index is 960. The molecule has 0 bridgehead atoms. The molecule has 1 aromatic carbocycles. The Morgan fingerprint density at radius 1 is 1.15 bits per heavy atom. The lowest BCUT2D eigenvalue weighted by Gasteiger charge is -2.27. The van der Waals surface area contributed by atoms with Crippen molar-refractivity contribution in [3.8, 4) is 17.0 Å². The molecule has 27 heavy (non-hydrogen) atoms. The topological polar surface area (TPSA) is 91.2 Å². The highest BCUT2D eigenvalue weighted by molar-refractivity contribution is 6.00. The van der Waals surface area contributed by atoms with Crippen LogP contribution in [0.3, 0.4) is 0 Å². The molecule has 6 nitrogen and oxygen atoms in total. The van der Waals surface area contributed by atoms with Crippen molar-refractivity contribution in [2.24, 2.45) is 0 Å². The third-order valence-electron chi connectivity index (χ3n) is 5.29. The molecule has 1 saturated carbocycles. The first-order valence-electron chi connectivity index (χ1n) is 9.53. The number of nitrogens with zero attached hydrogens (tertiary/aromatic N) is 3. The summed E-state index contributed by atoms with van der Waals surface area (Å²) in [4.78, 5) is 4.25.